The van der Waals surface area contributed by atoms with Gasteiger partial charge in [0.15, 0.2) is 5.78 Å². The third kappa shape index (κ3) is 1.30. The number of ketones is 1. The number of ether oxygens (including phenoxy) is 1. The number of halogens is 1. The van der Waals surface area contributed by atoms with E-state index in [4.69, 9.17) is 4.74 Å². The van der Waals surface area contributed by atoms with Gasteiger partial charge in [0.25, 0.3) is 0 Å². The molecule has 0 spiro atoms. The molecule has 0 saturated carbocycles. The van der Waals surface area contributed by atoms with E-state index in [0.29, 0.717) is 5.75 Å². The maximum atomic E-state index is 13.1. The molecule has 0 aliphatic carbocycles. The van der Waals surface area contributed by atoms with Crippen LogP contribution in [0.25, 0.3) is 0 Å². The van der Waals surface area contributed by atoms with Crippen LogP contribution in [-0.4, -0.2) is 11.9 Å². The zero-order valence-corrected chi connectivity index (χ0v) is 7.21. The smallest absolute Gasteiger partial charge is 0.173 e. The molecule has 2 nitrogen and oxygen atoms in total. The fourth-order valence-electron chi connectivity index (χ4n) is 1.49. The van der Waals surface area contributed by atoms with Gasteiger partial charge in [0.2, 0.25) is 0 Å². The number of carbonyl (C=O) groups excluding carboxylic acids is 1. The lowest BCUT2D eigenvalue weighted by atomic mass is 10.0. The average molecular weight is 180 g/mol. The van der Waals surface area contributed by atoms with E-state index in [1.807, 2.05) is 0 Å². The molecule has 3 heteroatoms. The summed E-state index contributed by atoms with van der Waals surface area (Å²) in [5, 5.41) is 0. The Labute approximate surface area is 75.3 Å². The summed E-state index contributed by atoms with van der Waals surface area (Å²) in [5.74, 6) is -0.301. The molecule has 2 rings (SSSR count). The van der Waals surface area contributed by atoms with Crippen LogP contribution in [-0.2, 0) is 0 Å². The van der Waals surface area contributed by atoms with Gasteiger partial charge in [-0.2, -0.15) is 0 Å². The molecule has 1 heterocycles. The molecule has 1 aliphatic heterocycles. The van der Waals surface area contributed by atoms with Crippen molar-refractivity contribution in [2.75, 3.05) is 0 Å². The summed E-state index contributed by atoms with van der Waals surface area (Å²) in [6.45, 7) is 1.80. The van der Waals surface area contributed by atoms with Gasteiger partial charge < -0.3 is 4.74 Å². The molecule has 0 bridgehead atoms. The third-order valence-corrected chi connectivity index (χ3v) is 2.06. The second kappa shape index (κ2) is 2.83. The minimum atomic E-state index is -0.491. The molecule has 1 aliphatic rings. The monoisotopic (exact) mass is 180 g/mol. The van der Waals surface area contributed by atoms with Crippen molar-refractivity contribution >= 4 is 5.78 Å². The van der Waals surface area contributed by atoms with Crippen LogP contribution < -0.4 is 4.74 Å². The van der Waals surface area contributed by atoms with Gasteiger partial charge in [-0.3, -0.25) is 4.79 Å². The Morgan fingerprint density at radius 2 is 2.31 bits per heavy atom. The van der Waals surface area contributed by atoms with Gasteiger partial charge >= 0.3 is 0 Å². The fraction of sp³-hybridized carbons (Fsp3) is 0.300. The molecule has 0 saturated heterocycles. The first-order chi connectivity index (χ1) is 6.18. The average Bonchev–Trinajstić information content (AvgIpc) is 2.02. The maximum absolute atomic E-state index is 13.1. The molecule has 1 atom stereocenters. The minimum Gasteiger partial charge on any atom is -0.489 e. The van der Waals surface area contributed by atoms with Crippen LogP contribution in [0.1, 0.15) is 23.7 Å². The van der Waals surface area contributed by atoms with Gasteiger partial charge in [-0.15, -0.1) is 0 Å². The number of benzene rings is 1. The van der Waals surface area contributed by atoms with Crippen molar-refractivity contribution in [3.8, 4) is 5.75 Å². The number of hydrogen-bond acceptors (Lipinski definition) is 2. The second-order valence-electron chi connectivity index (χ2n) is 3.17. The predicted molar refractivity (Wildman–Crippen MR) is 45.4 cm³/mol. The molecule has 68 valence electrons. The first kappa shape index (κ1) is 8.23. The van der Waals surface area contributed by atoms with Crippen molar-refractivity contribution in [3.05, 3.63) is 29.6 Å². The highest BCUT2D eigenvalue weighted by Gasteiger charge is 2.26. The molecule has 13 heavy (non-hydrogen) atoms. The molecule has 1 aromatic rings. The Balaban J connectivity index is 2.55. The lowest BCUT2D eigenvalue weighted by Crippen LogP contribution is -2.24. The van der Waals surface area contributed by atoms with E-state index < -0.39 is 5.82 Å². The molecule has 0 N–H and O–H groups in total. The van der Waals surface area contributed by atoms with E-state index in [9.17, 15) is 9.18 Å². The summed E-state index contributed by atoms with van der Waals surface area (Å²) in [7, 11) is 0. The lowest BCUT2D eigenvalue weighted by molar-refractivity contribution is 0.0864. The topological polar surface area (TPSA) is 26.3 Å². The normalized spacial score (nSPS) is 20.8. The van der Waals surface area contributed by atoms with Crippen molar-refractivity contribution in [1.82, 2.24) is 0 Å². The van der Waals surface area contributed by atoms with Gasteiger partial charge in [0.05, 0.1) is 5.56 Å². The van der Waals surface area contributed by atoms with E-state index >= 15 is 0 Å². The van der Waals surface area contributed by atoms with Crippen LogP contribution in [0.2, 0.25) is 0 Å². The van der Waals surface area contributed by atoms with E-state index in [2.05, 4.69) is 0 Å². The minimum absolute atomic E-state index is 0.0978. The molecule has 0 radical (unpaired) electrons. The third-order valence-electron chi connectivity index (χ3n) is 2.06. The highest BCUT2D eigenvalue weighted by atomic mass is 19.1. The number of fused-ring (bicyclic) bond motifs is 1. The maximum Gasteiger partial charge on any atom is 0.173 e. The predicted octanol–water partition coefficient (Wildman–Crippen LogP) is 2.18. The van der Waals surface area contributed by atoms with Crippen molar-refractivity contribution in [2.45, 2.75) is 19.4 Å². The summed E-state index contributed by atoms with van der Waals surface area (Å²) < 4.78 is 18.5. The van der Waals surface area contributed by atoms with Gasteiger partial charge in [0.1, 0.15) is 17.7 Å². The van der Waals surface area contributed by atoms with Gasteiger partial charge in [0, 0.05) is 6.42 Å². The Kier molecular flexibility index (Phi) is 1.79. The number of hydrogen-bond donors (Lipinski definition) is 0. The SMILES string of the molecule is CC1CC(=O)c2c(F)cccc2O1. The van der Waals surface area contributed by atoms with Crippen LogP contribution in [0.3, 0.4) is 0 Å². The van der Waals surface area contributed by atoms with E-state index in [-0.39, 0.29) is 23.9 Å². The Bertz CT molecular complexity index is 360. The summed E-state index contributed by atoms with van der Waals surface area (Å²) in [6.07, 6.45) is 0.107. The second-order valence-corrected chi connectivity index (χ2v) is 3.17. The van der Waals surface area contributed by atoms with Crippen LogP contribution in [0, 0.1) is 5.82 Å². The Hall–Kier alpha value is -1.38. The van der Waals surface area contributed by atoms with Crippen molar-refractivity contribution < 1.29 is 13.9 Å². The van der Waals surface area contributed by atoms with E-state index in [1.54, 1.807) is 19.1 Å². The zero-order chi connectivity index (χ0) is 9.42. The molecule has 1 aromatic carbocycles. The number of carbonyl (C=O) groups is 1. The fourth-order valence-corrected chi connectivity index (χ4v) is 1.49. The molecular weight excluding hydrogens is 171 g/mol. The molecule has 1 unspecified atom stereocenters. The summed E-state index contributed by atoms with van der Waals surface area (Å²) in [6, 6.07) is 4.43. The van der Waals surface area contributed by atoms with Crippen molar-refractivity contribution in [1.29, 1.82) is 0 Å². The van der Waals surface area contributed by atoms with Gasteiger partial charge in [-0.25, -0.2) is 4.39 Å². The highest BCUT2D eigenvalue weighted by molar-refractivity contribution is 6.00. The summed E-state index contributed by atoms with van der Waals surface area (Å²) in [5.41, 5.74) is 0.0978. The first-order valence-corrected chi connectivity index (χ1v) is 4.17. The van der Waals surface area contributed by atoms with Crippen molar-refractivity contribution in [3.63, 3.8) is 0 Å². The van der Waals surface area contributed by atoms with E-state index in [1.165, 1.54) is 6.07 Å². The summed E-state index contributed by atoms with van der Waals surface area (Å²) >= 11 is 0. The number of rotatable bonds is 0. The van der Waals surface area contributed by atoms with Crippen LogP contribution in [0.5, 0.6) is 5.75 Å². The van der Waals surface area contributed by atoms with Gasteiger partial charge in [-0.1, -0.05) is 6.07 Å². The molecule has 0 fully saturated rings. The highest BCUT2D eigenvalue weighted by Crippen LogP contribution is 2.29. The lowest BCUT2D eigenvalue weighted by Gasteiger charge is -2.22. The quantitative estimate of drug-likeness (QED) is 0.611. The van der Waals surface area contributed by atoms with Crippen molar-refractivity contribution in [2.24, 2.45) is 0 Å². The Morgan fingerprint density at radius 1 is 1.54 bits per heavy atom. The van der Waals surface area contributed by atoms with Crippen LogP contribution in [0.15, 0.2) is 18.2 Å². The molecular formula is C10H9FO2. The standard InChI is InChI=1S/C10H9FO2/c1-6-5-8(12)10-7(11)3-2-4-9(10)13-6/h2-4,6H,5H2,1H3. The largest absolute Gasteiger partial charge is 0.489 e. The Morgan fingerprint density at radius 3 is 3.08 bits per heavy atom. The van der Waals surface area contributed by atoms with Crippen LogP contribution in [0.4, 0.5) is 4.39 Å². The van der Waals surface area contributed by atoms with Crippen LogP contribution >= 0.6 is 0 Å². The first-order valence-electron chi connectivity index (χ1n) is 4.17. The summed E-state index contributed by atoms with van der Waals surface area (Å²) in [4.78, 5) is 11.4. The molecule has 0 amide bonds. The van der Waals surface area contributed by atoms with Gasteiger partial charge in [-0.05, 0) is 19.1 Å². The zero-order valence-electron chi connectivity index (χ0n) is 7.21. The number of Topliss-reactive ketones (excluding diaryl/α,β-unsaturated/α-hetero) is 1. The van der Waals surface area contributed by atoms with E-state index in [0.717, 1.165) is 0 Å². The molecule has 0 aromatic heterocycles.